The molecule has 0 atom stereocenters. The lowest BCUT2D eigenvalue weighted by molar-refractivity contribution is 0.157. The van der Waals surface area contributed by atoms with Crippen molar-refractivity contribution < 1.29 is 28.9 Å². The van der Waals surface area contributed by atoms with Crippen molar-refractivity contribution in [1.29, 1.82) is 0 Å². The molecule has 0 radical (unpaired) electrons. The summed E-state index contributed by atoms with van der Waals surface area (Å²) in [5.74, 6) is -0.600. The highest BCUT2D eigenvalue weighted by Crippen LogP contribution is 2.46. The van der Waals surface area contributed by atoms with Crippen LogP contribution >= 0.6 is 0 Å². The first-order chi connectivity index (χ1) is 15.1. The standard InChI is InChI=1S/C25H22O7/c1-11(2)5-6-12-20(28)19-21(29)18-14-9-15(26)16(27)10-17(14)30-24(18)31-23(19)13-7-8-25(3,4)32-22(12)13/h5,7-10,26-28H,6H2,1-4H3. The molecule has 32 heavy (non-hydrogen) atoms. The van der Waals surface area contributed by atoms with Crippen molar-refractivity contribution >= 4 is 39.2 Å². The molecule has 3 N–H and O–H groups in total. The second kappa shape index (κ2) is 6.56. The molecule has 0 amide bonds. The van der Waals surface area contributed by atoms with Crippen LogP contribution in [0.15, 0.2) is 43.5 Å². The van der Waals surface area contributed by atoms with Crippen LogP contribution in [0, 0.1) is 0 Å². The monoisotopic (exact) mass is 434 g/mol. The van der Waals surface area contributed by atoms with Gasteiger partial charge in [0.1, 0.15) is 33.5 Å². The molecule has 3 heterocycles. The van der Waals surface area contributed by atoms with Crippen molar-refractivity contribution in [3.63, 3.8) is 0 Å². The normalized spacial score (nSPS) is 14.6. The molecule has 7 heteroatoms. The highest BCUT2D eigenvalue weighted by Gasteiger charge is 2.31. The van der Waals surface area contributed by atoms with Gasteiger partial charge < -0.3 is 28.9 Å². The van der Waals surface area contributed by atoms with E-state index in [-0.39, 0.29) is 44.6 Å². The zero-order chi connectivity index (χ0) is 22.9. The molecule has 0 saturated carbocycles. The number of benzene rings is 2. The number of aromatic hydroxyl groups is 3. The molecular formula is C25H22O7. The van der Waals surface area contributed by atoms with Crippen LogP contribution in [-0.4, -0.2) is 20.9 Å². The Morgan fingerprint density at radius 3 is 2.50 bits per heavy atom. The average Bonchev–Trinajstić information content (AvgIpc) is 3.04. The molecule has 4 aromatic rings. The van der Waals surface area contributed by atoms with Gasteiger partial charge in [-0.25, -0.2) is 0 Å². The van der Waals surface area contributed by atoms with Gasteiger partial charge in [0.15, 0.2) is 17.1 Å². The van der Waals surface area contributed by atoms with Gasteiger partial charge in [0, 0.05) is 17.0 Å². The third kappa shape index (κ3) is 2.85. The zero-order valence-electron chi connectivity index (χ0n) is 18.1. The van der Waals surface area contributed by atoms with Gasteiger partial charge in [-0.15, -0.1) is 0 Å². The molecule has 0 saturated heterocycles. The second-order valence-corrected chi connectivity index (χ2v) is 8.83. The maximum absolute atomic E-state index is 13.6. The molecule has 5 rings (SSSR count). The zero-order valence-corrected chi connectivity index (χ0v) is 18.1. The fourth-order valence-corrected chi connectivity index (χ4v) is 4.03. The number of hydrogen-bond donors (Lipinski definition) is 3. The molecule has 0 aliphatic carbocycles. The maximum Gasteiger partial charge on any atom is 0.302 e. The summed E-state index contributed by atoms with van der Waals surface area (Å²) in [4.78, 5) is 13.6. The molecule has 1 aliphatic rings. The summed E-state index contributed by atoms with van der Waals surface area (Å²) in [6.45, 7) is 7.70. The SMILES string of the molecule is CC(C)=CCc1c2c(c3oc4oc5cc(O)c(O)cc5c4c(=O)c3c1O)C=CC(C)(C)O2. The molecule has 7 nitrogen and oxygen atoms in total. The first-order valence-corrected chi connectivity index (χ1v) is 10.2. The third-order valence-corrected chi connectivity index (χ3v) is 5.65. The molecule has 2 aromatic carbocycles. The summed E-state index contributed by atoms with van der Waals surface area (Å²) in [6.07, 6.45) is 6.00. The van der Waals surface area contributed by atoms with E-state index in [2.05, 4.69) is 0 Å². The second-order valence-electron chi connectivity index (χ2n) is 8.83. The summed E-state index contributed by atoms with van der Waals surface area (Å²) in [7, 11) is 0. The van der Waals surface area contributed by atoms with Gasteiger partial charge in [-0.2, -0.15) is 0 Å². The van der Waals surface area contributed by atoms with Gasteiger partial charge in [-0.1, -0.05) is 11.6 Å². The van der Waals surface area contributed by atoms with Crippen LogP contribution < -0.4 is 10.2 Å². The Hall–Kier alpha value is -3.87. The number of fused-ring (bicyclic) bond motifs is 6. The molecule has 164 valence electrons. The van der Waals surface area contributed by atoms with Crippen LogP contribution in [0.25, 0.3) is 39.2 Å². The van der Waals surface area contributed by atoms with E-state index < -0.39 is 16.8 Å². The van der Waals surface area contributed by atoms with E-state index in [1.54, 1.807) is 0 Å². The summed E-state index contributed by atoms with van der Waals surface area (Å²) in [5.41, 5.74) is 1.31. The average molecular weight is 434 g/mol. The Bertz CT molecular complexity index is 1560. The number of allylic oxidation sites excluding steroid dienone is 2. The van der Waals surface area contributed by atoms with Gasteiger partial charge >= 0.3 is 5.78 Å². The van der Waals surface area contributed by atoms with Crippen molar-refractivity contribution in [1.82, 2.24) is 0 Å². The lowest BCUT2D eigenvalue weighted by Gasteiger charge is -2.30. The fourth-order valence-electron chi connectivity index (χ4n) is 4.03. The molecule has 0 spiro atoms. The Morgan fingerprint density at radius 1 is 1.06 bits per heavy atom. The summed E-state index contributed by atoms with van der Waals surface area (Å²) >= 11 is 0. The number of furan rings is 1. The Balaban J connectivity index is 1.96. The van der Waals surface area contributed by atoms with Crippen molar-refractivity contribution in [3.8, 4) is 23.0 Å². The predicted molar refractivity (Wildman–Crippen MR) is 122 cm³/mol. The van der Waals surface area contributed by atoms with Gasteiger partial charge in [0.05, 0.1) is 5.56 Å². The van der Waals surface area contributed by atoms with Crippen molar-refractivity contribution in [2.75, 3.05) is 0 Å². The first-order valence-electron chi connectivity index (χ1n) is 10.2. The third-order valence-electron chi connectivity index (χ3n) is 5.65. The van der Waals surface area contributed by atoms with E-state index in [9.17, 15) is 20.1 Å². The predicted octanol–water partition coefficient (Wildman–Crippen LogP) is 5.50. The van der Waals surface area contributed by atoms with Crippen LogP contribution in [0.2, 0.25) is 0 Å². The molecule has 0 unspecified atom stereocenters. The summed E-state index contributed by atoms with van der Waals surface area (Å²) in [6, 6.07) is 2.45. The van der Waals surface area contributed by atoms with Crippen LogP contribution in [0.4, 0.5) is 0 Å². The van der Waals surface area contributed by atoms with E-state index in [0.29, 0.717) is 23.3 Å². The number of phenolic OH excluding ortho intramolecular Hbond substituents is 3. The van der Waals surface area contributed by atoms with E-state index in [0.717, 1.165) is 5.57 Å². The highest BCUT2D eigenvalue weighted by atomic mass is 16.5. The number of ether oxygens (including phenoxy) is 1. The molecule has 2 aromatic heterocycles. The maximum atomic E-state index is 13.6. The summed E-state index contributed by atoms with van der Waals surface area (Å²) < 4.78 is 17.8. The number of rotatable bonds is 2. The van der Waals surface area contributed by atoms with E-state index in [4.69, 9.17) is 13.6 Å². The van der Waals surface area contributed by atoms with E-state index in [1.165, 1.54) is 12.1 Å². The van der Waals surface area contributed by atoms with E-state index in [1.807, 2.05) is 45.9 Å². The summed E-state index contributed by atoms with van der Waals surface area (Å²) in [5, 5.41) is 31.3. The van der Waals surface area contributed by atoms with Crippen LogP contribution in [0.3, 0.4) is 0 Å². The minimum absolute atomic E-state index is 0.0108. The smallest absolute Gasteiger partial charge is 0.302 e. The molecule has 1 aliphatic heterocycles. The molecule has 0 bridgehead atoms. The fraction of sp³-hybridized carbons (Fsp3) is 0.240. The molecular weight excluding hydrogens is 412 g/mol. The highest BCUT2D eigenvalue weighted by molar-refractivity contribution is 6.09. The largest absolute Gasteiger partial charge is 0.507 e. The van der Waals surface area contributed by atoms with Crippen LogP contribution in [0.5, 0.6) is 23.0 Å². The van der Waals surface area contributed by atoms with Crippen molar-refractivity contribution in [3.05, 3.63) is 51.2 Å². The lowest BCUT2D eigenvalue weighted by atomic mass is 9.94. The number of phenols is 3. The topological polar surface area (TPSA) is 113 Å². The first kappa shape index (κ1) is 20.1. The van der Waals surface area contributed by atoms with Gasteiger partial charge in [0.2, 0.25) is 5.43 Å². The lowest BCUT2D eigenvalue weighted by Crippen LogP contribution is -2.28. The minimum atomic E-state index is -0.606. The van der Waals surface area contributed by atoms with Gasteiger partial charge in [-0.05, 0) is 52.3 Å². The van der Waals surface area contributed by atoms with Crippen molar-refractivity contribution in [2.24, 2.45) is 0 Å². The Kier molecular flexibility index (Phi) is 4.11. The van der Waals surface area contributed by atoms with Crippen molar-refractivity contribution in [2.45, 2.75) is 39.7 Å². The van der Waals surface area contributed by atoms with Gasteiger partial charge in [-0.3, -0.25) is 4.79 Å². The Labute approximate surface area is 182 Å². The van der Waals surface area contributed by atoms with E-state index >= 15 is 0 Å². The number of hydrogen-bond acceptors (Lipinski definition) is 7. The van der Waals surface area contributed by atoms with Gasteiger partial charge in [0.25, 0.3) is 0 Å². The van der Waals surface area contributed by atoms with Crippen LogP contribution in [0.1, 0.15) is 38.8 Å². The van der Waals surface area contributed by atoms with Crippen LogP contribution in [-0.2, 0) is 6.42 Å². The quantitative estimate of drug-likeness (QED) is 0.282. The Morgan fingerprint density at radius 2 is 1.78 bits per heavy atom. The minimum Gasteiger partial charge on any atom is -0.507 e. The molecule has 0 fully saturated rings.